The molecule has 0 saturated heterocycles. The number of benzene rings is 2. The van der Waals surface area contributed by atoms with Gasteiger partial charge in [0.15, 0.2) is 0 Å². The van der Waals surface area contributed by atoms with Gasteiger partial charge < -0.3 is 4.74 Å². The lowest BCUT2D eigenvalue weighted by Crippen LogP contribution is -2.16. The van der Waals surface area contributed by atoms with Crippen LogP contribution in [0.25, 0.3) is 11.1 Å². The molecule has 25 heavy (non-hydrogen) atoms. The van der Waals surface area contributed by atoms with E-state index in [1.54, 1.807) is 12.1 Å². The molecule has 1 aliphatic carbocycles. The van der Waals surface area contributed by atoms with Crippen molar-refractivity contribution in [3.05, 3.63) is 65.0 Å². The van der Waals surface area contributed by atoms with E-state index in [0.29, 0.717) is 11.1 Å². The van der Waals surface area contributed by atoms with E-state index in [9.17, 15) is 17.6 Å². The maximum absolute atomic E-state index is 14.5. The van der Waals surface area contributed by atoms with Gasteiger partial charge in [0.05, 0.1) is 0 Å². The number of hydrogen-bond acceptors (Lipinski definition) is 1. The van der Waals surface area contributed by atoms with Gasteiger partial charge in [0, 0.05) is 5.56 Å². The fourth-order valence-corrected chi connectivity index (χ4v) is 3.15. The highest BCUT2D eigenvalue weighted by molar-refractivity contribution is 5.67. The molecule has 0 saturated carbocycles. The van der Waals surface area contributed by atoms with Gasteiger partial charge in [-0.3, -0.25) is 0 Å². The van der Waals surface area contributed by atoms with Crippen molar-refractivity contribution < 1.29 is 22.3 Å². The highest BCUT2D eigenvalue weighted by atomic mass is 19.4. The molecule has 0 heterocycles. The van der Waals surface area contributed by atoms with Crippen LogP contribution in [0.4, 0.5) is 17.6 Å². The third kappa shape index (κ3) is 4.21. The van der Waals surface area contributed by atoms with E-state index >= 15 is 0 Å². The van der Waals surface area contributed by atoms with Crippen LogP contribution in [0.3, 0.4) is 0 Å². The fraction of sp³-hybridized carbons (Fsp3) is 0.300. The number of hydrogen-bond donors (Lipinski definition) is 0. The minimum Gasteiger partial charge on any atom is -0.406 e. The van der Waals surface area contributed by atoms with Crippen molar-refractivity contribution in [3.8, 4) is 16.9 Å². The highest BCUT2D eigenvalue weighted by Gasteiger charge is 2.31. The zero-order valence-corrected chi connectivity index (χ0v) is 13.8. The van der Waals surface area contributed by atoms with Crippen LogP contribution in [0, 0.1) is 5.82 Å². The first-order chi connectivity index (χ1) is 11.9. The van der Waals surface area contributed by atoms with Gasteiger partial charge >= 0.3 is 6.36 Å². The summed E-state index contributed by atoms with van der Waals surface area (Å²) in [5, 5.41) is 0. The normalized spacial score (nSPS) is 14.0. The molecule has 1 nitrogen and oxygen atoms in total. The molecule has 2 aromatic rings. The molecular formula is C20H18F4O. The molecule has 0 N–H and O–H groups in total. The van der Waals surface area contributed by atoms with Crippen LogP contribution < -0.4 is 4.74 Å². The summed E-state index contributed by atoms with van der Waals surface area (Å²) in [6.45, 7) is 2.12. The van der Waals surface area contributed by atoms with Gasteiger partial charge in [0.2, 0.25) is 0 Å². The Hall–Kier alpha value is -2.30. The van der Waals surface area contributed by atoms with Crippen molar-refractivity contribution in [1.82, 2.24) is 0 Å². The Balaban J connectivity index is 1.86. The van der Waals surface area contributed by atoms with Crippen molar-refractivity contribution >= 4 is 0 Å². The molecule has 0 atom stereocenters. The van der Waals surface area contributed by atoms with Gasteiger partial charge in [0.1, 0.15) is 11.6 Å². The zero-order chi connectivity index (χ0) is 18.0. The molecule has 1 aliphatic rings. The third-order valence-corrected chi connectivity index (χ3v) is 4.29. The van der Waals surface area contributed by atoms with Gasteiger partial charge in [-0.05, 0) is 60.2 Å². The first kappa shape index (κ1) is 17.5. The van der Waals surface area contributed by atoms with E-state index in [-0.39, 0.29) is 11.6 Å². The Morgan fingerprint density at radius 3 is 2.40 bits per heavy atom. The third-order valence-electron chi connectivity index (χ3n) is 4.29. The number of ether oxygens (including phenoxy) is 1. The zero-order valence-electron chi connectivity index (χ0n) is 13.8. The minimum atomic E-state index is -4.74. The largest absolute Gasteiger partial charge is 0.573 e. The summed E-state index contributed by atoms with van der Waals surface area (Å²) in [6, 6.07) is 8.61. The summed E-state index contributed by atoms with van der Waals surface area (Å²) in [5.41, 5.74) is 4.30. The predicted octanol–water partition coefficient (Wildman–Crippen LogP) is 6.22. The molecule has 0 spiro atoms. The Morgan fingerprint density at radius 1 is 1.04 bits per heavy atom. The van der Waals surface area contributed by atoms with Crippen molar-refractivity contribution in [1.29, 1.82) is 0 Å². The summed E-state index contributed by atoms with van der Waals surface area (Å²) >= 11 is 0. The summed E-state index contributed by atoms with van der Waals surface area (Å²) in [7, 11) is 0. The molecular weight excluding hydrogens is 332 g/mol. The SMILES string of the molecule is CCCC1=CCc2cc(-c3ccc(OC(F)(F)F)cc3)c(F)cc2C1. The smallest absolute Gasteiger partial charge is 0.406 e. The maximum atomic E-state index is 14.5. The molecule has 0 unspecified atom stereocenters. The Kier molecular flexibility index (Phi) is 4.84. The molecule has 2 aromatic carbocycles. The van der Waals surface area contributed by atoms with Gasteiger partial charge in [0.25, 0.3) is 0 Å². The highest BCUT2D eigenvalue weighted by Crippen LogP contribution is 2.32. The summed E-state index contributed by atoms with van der Waals surface area (Å²) in [6.07, 6.45) is 1.05. The molecule has 0 fully saturated rings. The maximum Gasteiger partial charge on any atom is 0.573 e. The second-order valence-corrected chi connectivity index (χ2v) is 6.17. The van der Waals surface area contributed by atoms with E-state index in [2.05, 4.69) is 17.7 Å². The lowest BCUT2D eigenvalue weighted by atomic mass is 9.87. The van der Waals surface area contributed by atoms with E-state index in [1.807, 2.05) is 0 Å². The molecule has 0 aromatic heterocycles. The number of halogens is 4. The van der Waals surface area contributed by atoms with Gasteiger partial charge in [-0.25, -0.2) is 4.39 Å². The number of alkyl halides is 3. The lowest BCUT2D eigenvalue weighted by Gasteiger charge is -2.19. The average Bonchev–Trinajstić information content (AvgIpc) is 2.54. The summed E-state index contributed by atoms with van der Waals surface area (Å²) in [5.74, 6) is -0.678. The Bertz CT molecular complexity index is 789. The average molecular weight is 350 g/mol. The van der Waals surface area contributed by atoms with Crippen LogP contribution in [0.5, 0.6) is 5.75 Å². The molecule has 132 valence electrons. The lowest BCUT2D eigenvalue weighted by molar-refractivity contribution is -0.274. The van der Waals surface area contributed by atoms with Crippen molar-refractivity contribution in [2.75, 3.05) is 0 Å². The predicted molar refractivity (Wildman–Crippen MR) is 88.9 cm³/mol. The summed E-state index contributed by atoms with van der Waals surface area (Å²) in [4.78, 5) is 0. The minimum absolute atomic E-state index is 0.318. The van der Waals surface area contributed by atoms with Crippen molar-refractivity contribution in [2.45, 2.75) is 39.0 Å². The van der Waals surface area contributed by atoms with Gasteiger partial charge in [-0.15, -0.1) is 13.2 Å². The first-order valence-corrected chi connectivity index (χ1v) is 8.21. The Labute approximate surface area is 143 Å². The van der Waals surface area contributed by atoms with Gasteiger partial charge in [-0.2, -0.15) is 0 Å². The van der Waals surface area contributed by atoms with Crippen molar-refractivity contribution in [2.24, 2.45) is 0 Å². The van der Waals surface area contributed by atoms with Crippen LogP contribution in [0.15, 0.2) is 48.0 Å². The molecule has 0 aliphatic heterocycles. The van der Waals surface area contributed by atoms with E-state index in [0.717, 1.165) is 36.8 Å². The monoisotopic (exact) mass is 350 g/mol. The Morgan fingerprint density at radius 2 is 1.76 bits per heavy atom. The van der Waals surface area contributed by atoms with Crippen LogP contribution in [0.2, 0.25) is 0 Å². The van der Waals surface area contributed by atoms with Gasteiger partial charge in [-0.1, -0.05) is 37.1 Å². The van der Waals surface area contributed by atoms with Crippen molar-refractivity contribution in [3.63, 3.8) is 0 Å². The molecule has 0 radical (unpaired) electrons. The number of fused-ring (bicyclic) bond motifs is 1. The molecule has 0 bridgehead atoms. The molecule has 0 amide bonds. The molecule has 3 rings (SSSR count). The van der Waals surface area contributed by atoms with Crippen LogP contribution in [0.1, 0.15) is 30.9 Å². The fourth-order valence-electron chi connectivity index (χ4n) is 3.15. The van der Waals surface area contributed by atoms with E-state index in [1.165, 1.54) is 29.8 Å². The second-order valence-electron chi connectivity index (χ2n) is 6.17. The van der Waals surface area contributed by atoms with E-state index in [4.69, 9.17) is 0 Å². The van der Waals surface area contributed by atoms with Crippen LogP contribution in [-0.2, 0) is 12.8 Å². The topological polar surface area (TPSA) is 9.23 Å². The standard InChI is InChI=1S/C20H18F4O/c1-2-3-13-4-5-15-11-18(19(21)12-16(15)10-13)14-6-8-17(9-7-14)25-20(22,23)24/h4,6-9,11-12H,2-3,5,10H2,1H3. The summed E-state index contributed by atoms with van der Waals surface area (Å²) < 4.78 is 55.0. The molecule has 5 heteroatoms. The number of allylic oxidation sites excluding steroid dienone is 2. The first-order valence-electron chi connectivity index (χ1n) is 8.21. The van der Waals surface area contributed by atoms with Crippen LogP contribution in [-0.4, -0.2) is 6.36 Å². The quantitative estimate of drug-likeness (QED) is 0.470. The number of rotatable bonds is 4. The second kappa shape index (κ2) is 6.90. The van der Waals surface area contributed by atoms with E-state index < -0.39 is 6.36 Å². The van der Waals surface area contributed by atoms with Crippen LogP contribution >= 0.6 is 0 Å².